The van der Waals surface area contributed by atoms with Crippen LogP contribution in [0.25, 0.3) is 0 Å². The molecule has 0 amide bonds. The molecule has 1 aromatic heterocycles. The van der Waals surface area contributed by atoms with Crippen molar-refractivity contribution < 1.29 is 27.9 Å². The molecule has 3 aromatic rings. The lowest BCUT2D eigenvalue weighted by Gasteiger charge is -2.24. The number of rotatable bonds is 7. The van der Waals surface area contributed by atoms with Gasteiger partial charge in [-0.1, -0.05) is 11.6 Å². The van der Waals surface area contributed by atoms with Crippen molar-refractivity contribution in [3.05, 3.63) is 86.8 Å². The van der Waals surface area contributed by atoms with Crippen LogP contribution < -0.4 is 10.6 Å². The lowest BCUT2D eigenvalue weighted by Crippen LogP contribution is -2.39. The number of hydrogen-bond acceptors (Lipinski definition) is 7. The predicted molar refractivity (Wildman–Crippen MR) is 108 cm³/mol. The predicted octanol–water partition coefficient (Wildman–Crippen LogP) is 4.33. The molecule has 3 rings (SSSR count). The highest BCUT2D eigenvalue weighted by atomic mass is 35.5. The number of carbonyl (C=O) groups excluding carboxylic acids is 2. The largest absolute Gasteiger partial charge is 0.519 e. The van der Waals surface area contributed by atoms with Crippen molar-refractivity contribution in [3.63, 3.8) is 0 Å². The molecule has 0 radical (unpaired) electrons. The maximum atomic E-state index is 12.5. The van der Waals surface area contributed by atoms with Crippen molar-refractivity contribution >= 4 is 23.4 Å². The lowest BCUT2D eigenvalue weighted by atomic mass is 10.0. The fraction of sp³-hybridized carbons (Fsp3) is 0.227. The van der Waals surface area contributed by atoms with E-state index in [1.165, 1.54) is 6.92 Å². The topological polar surface area (TPSA) is 96.0 Å². The SMILES string of the molecule is Cc1oc(=O)oc1COC(=O)C(C)(C)Oc1ccc(C(=O)c2ccc(Cl)cc2)cc1. The number of ether oxygens (including phenoxy) is 2. The molecule has 2 aromatic carbocycles. The van der Waals surface area contributed by atoms with Crippen LogP contribution in [0.15, 0.2) is 62.2 Å². The van der Waals surface area contributed by atoms with Crippen molar-refractivity contribution in [1.82, 2.24) is 0 Å². The first-order valence-corrected chi connectivity index (χ1v) is 9.39. The second kappa shape index (κ2) is 8.59. The van der Waals surface area contributed by atoms with Crippen LogP contribution in [0, 0.1) is 6.92 Å². The van der Waals surface area contributed by atoms with Crippen molar-refractivity contribution in [2.24, 2.45) is 0 Å². The van der Waals surface area contributed by atoms with E-state index < -0.39 is 17.4 Å². The van der Waals surface area contributed by atoms with Crippen LogP contribution in [-0.2, 0) is 16.1 Å². The third kappa shape index (κ3) is 4.99. The van der Waals surface area contributed by atoms with Crippen molar-refractivity contribution in [2.75, 3.05) is 0 Å². The van der Waals surface area contributed by atoms with E-state index >= 15 is 0 Å². The molecular formula is C22H19ClO7. The Morgan fingerprint density at radius 3 is 2.07 bits per heavy atom. The number of halogens is 1. The van der Waals surface area contributed by atoms with E-state index in [9.17, 15) is 14.4 Å². The Morgan fingerprint density at radius 2 is 1.53 bits per heavy atom. The molecular weight excluding hydrogens is 412 g/mol. The van der Waals surface area contributed by atoms with Gasteiger partial charge in [-0.2, -0.15) is 0 Å². The molecule has 0 aliphatic heterocycles. The molecule has 7 nitrogen and oxygen atoms in total. The summed E-state index contributed by atoms with van der Waals surface area (Å²) in [5.41, 5.74) is -0.340. The summed E-state index contributed by atoms with van der Waals surface area (Å²) in [7, 11) is 0. The number of hydrogen-bond donors (Lipinski definition) is 0. The van der Waals surface area contributed by atoms with E-state index in [0.29, 0.717) is 21.9 Å². The van der Waals surface area contributed by atoms with Gasteiger partial charge in [-0.25, -0.2) is 9.59 Å². The Bertz CT molecular complexity index is 1110. The minimum atomic E-state index is -1.32. The number of esters is 1. The van der Waals surface area contributed by atoms with Gasteiger partial charge in [0.2, 0.25) is 0 Å². The van der Waals surface area contributed by atoms with Crippen molar-refractivity contribution in [3.8, 4) is 5.75 Å². The fourth-order valence-electron chi connectivity index (χ4n) is 2.59. The molecule has 0 unspecified atom stereocenters. The first-order valence-electron chi connectivity index (χ1n) is 9.02. The van der Waals surface area contributed by atoms with E-state index in [1.807, 2.05) is 0 Å². The first kappa shape index (κ1) is 21.4. The zero-order valence-electron chi connectivity index (χ0n) is 16.6. The molecule has 156 valence electrons. The minimum Gasteiger partial charge on any atom is -0.476 e. The van der Waals surface area contributed by atoms with Gasteiger partial charge in [-0.3, -0.25) is 4.79 Å². The van der Waals surface area contributed by atoms with Gasteiger partial charge >= 0.3 is 11.8 Å². The average Bonchev–Trinajstić information content (AvgIpc) is 3.03. The van der Waals surface area contributed by atoms with E-state index in [-0.39, 0.29) is 23.9 Å². The van der Waals surface area contributed by atoms with Gasteiger partial charge in [0.05, 0.1) is 0 Å². The van der Waals surface area contributed by atoms with E-state index in [4.69, 9.17) is 29.9 Å². The summed E-state index contributed by atoms with van der Waals surface area (Å²) in [6, 6.07) is 13.0. The Labute approximate surface area is 177 Å². The van der Waals surface area contributed by atoms with Crippen LogP contribution in [0.2, 0.25) is 5.02 Å². The maximum absolute atomic E-state index is 12.5. The lowest BCUT2D eigenvalue weighted by molar-refractivity contribution is -0.161. The molecule has 0 aliphatic rings. The third-order valence-electron chi connectivity index (χ3n) is 4.26. The number of aryl methyl sites for hydroxylation is 1. The monoisotopic (exact) mass is 430 g/mol. The van der Waals surface area contributed by atoms with Crippen LogP contribution in [0.3, 0.4) is 0 Å². The highest BCUT2D eigenvalue weighted by Crippen LogP contribution is 2.22. The summed E-state index contributed by atoms with van der Waals surface area (Å²) in [5.74, 6) is -0.916. The zero-order valence-corrected chi connectivity index (χ0v) is 17.3. The molecule has 0 bridgehead atoms. The summed E-state index contributed by atoms with van der Waals surface area (Å²) < 4.78 is 20.4. The molecule has 1 heterocycles. The second-order valence-corrected chi connectivity index (χ2v) is 7.42. The Balaban J connectivity index is 1.63. The quantitative estimate of drug-likeness (QED) is 0.406. The van der Waals surface area contributed by atoms with E-state index in [2.05, 4.69) is 0 Å². The smallest absolute Gasteiger partial charge is 0.476 e. The molecule has 0 fully saturated rings. The van der Waals surface area contributed by atoms with Gasteiger partial charge in [0, 0.05) is 16.1 Å². The van der Waals surface area contributed by atoms with Crippen LogP contribution >= 0.6 is 11.6 Å². The summed E-state index contributed by atoms with van der Waals surface area (Å²) in [6.07, 6.45) is 0. The fourth-order valence-corrected chi connectivity index (χ4v) is 2.72. The van der Waals surface area contributed by atoms with Gasteiger partial charge in [0.15, 0.2) is 29.5 Å². The maximum Gasteiger partial charge on any atom is 0.519 e. The summed E-state index contributed by atoms with van der Waals surface area (Å²) in [6.45, 7) is 4.36. The van der Waals surface area contributed by atoms with Gasteiger partial charge in [-0.15, -0.1) is 0 Å². The highest BCUT2D eigenvalue weighted by molar-refractivity contribution is 6.30. The standard InChI is InChI=1S/C22H19ClO7/c1-13-18(29-21(26)28-13)12-27-20(25)22(2,3)30-17-10-6-15(7-11-17)19(24)14-4-8-16(23)9-5-14/h4-11H,12H2,1-3H3. The first-order chi connectivity index (χ1) is 14.2. The Kier molecular flexibility index (Phi) is 6.12. The molecule has 0 aliphatic carbocycles. The zero-order chi connectivity index (χ0) is 21.9. The second-order valence-electron chi connectivity index (χ2n) is 6.98. The molecule has 0 N–H and O–H groups in total. The Morgan fingerprint density at radius 1 is 0.967 bits per heavy atom. The normalized spacial score (nSPS) is 11.2. The van der Waals surface area contributed by atoms with E-state index in [1.54, 1.807) is 62.4 Å². The molecule has 30 heavy (non-hydrogen) atoms. The third-order valence-corrected chi connectivity index (χ3v) is 4.51. The van der Waals surface area contributed by atoms with Crippen molar-refractivity contribution in [2.45, 2.75) is 33.0 Å². The molecule has 8 heteroatoms. The molecule has 0 atom stereocenters. The van der Waals surface area contributed by atoms with Crippen molar-refractivity contribution in [1.29, 1.82) is 0 Å². The number of ketones is 1. The van der Waals surface area contributed by atoms with Crippen LogP contribution in [0.5, 0.6) is 5.75 Å². The Hall–Kier alpha value is -3.32. The number of carbonyl (C=O) groups is 2. The van der Waals surface area contributed by atoms with Gasteiger partial charge in [0.25, 0.3) is 0 Å². The van der Waals surface area contributed by atoms with Crippen LogP contribution in [-0.4, -0.2) is 17.4 Å². The van der Waals surface area contributed by atoms with Gasteiger partial charge in [0.1, 0.15) is 5.75 Å². The molecule has 0 spiro atoms. The highest BCUT2D eigenvalue weighted by Gasteiger charge is 2.32. The molecule has 0 saturated heterocycles. The van der Waals surface area contributed by atoms with Gasteiger partial charge < -0.3 is 18.3 Å². The van der Waals surface area contributed by atoms with E-state index in [0.717, 1.165) is 0 Å². The van der Waals surface area contributed by atoms with Crippen LogP contribution in [0.1, 0.15) is 41.3 Å². The average molecular weight is 431 g/mol. The van der Waals surface area contributed by atoms with Crippen LogP contribution in [0.4, 0.5) is 0 Å². The van der Waals surface area contributed by atoms with Gasteiger partial charge in [-0.05, 0) is 69.3 Å². The molecule has 0 saturated carbocycles. The minimum absolute atomic E-state index is 0.134. The summed E-state index contributed by atoms with van der Waals surface area (Å²) in [4.78, 5) is 35.9. The summed E-state index contributed by atoms with van der Waals surface area (Å²) in [5, 5.41) is 0.550. The number of benzene rings is 2. The summed E-state index contributed by atoms with van der Waals surface area (Å²) >= 11 is 5.85.